The van der Waals surface area contributed by atoms with Gasteiger partial charge in [0.05, 0.1) is 20.1 Å². The Morgan fingerprint density at radius 1 is 0.885 bits per heavy atom. The minimum Gasteiger partial charge on any atom is -0.469 e. The van der Waals surface area contributed by atoms with E-state index in [1.165, 1.54) is 28.1 Å². The van der Waals surface area contributed by atoms with E-state index in [2.05, 4.69) is 10.1 Å². The Balaban J connectivity index is 3.91. The number of ether oxygens (including phenoxy) is 2. The van der Waals surface area contributed by atoms with Gasteiger partial charge in [-0.3, -0.25) is 9.59 Å². The van der Waals surface area contributed by atoms with Gasteiger partial charge in [0.15, 0.2) is 0 Å². The van der Waals surface area contributed by atoms with Gasteiger partial charge < -0.3 is 19.6 Å². The summed E-state index contributed by atoms with van der Waals surface area (Å²) in [5, 5.41) is 2.58. The summed E-state index contributed by atoms with van der Waals surface area (Å²) < 4.78 is 9.40. The summed E-state index contributed by atoms with van der Waals surface area (Å²) in [5.41, 5.74) is 0. The first kappa shape index (κ1) is 24.8. The number of hydrogen-bond acceptors (Lipinski definition) is 8. The molecule has 0 fully saturated rings. The summed E-state index contributed by atoms with van der Waals surface area (Å²) in [4.78, 5) is 45.5. The number of amides is 1. The van der Waals surface area contributed by atoms with E-state index in [1.54, 1.807) is 23.5 Å². The molecule has 2 atom stereocenters. The number of rotatable bonds is 14. The minimum absolute atomic E-state index is 0.0169. The fourth-order valence-corrected chi connectivity index (χ4v) is 4.26. The zero-order chi connectivity index (χ0) is 19.9. The third kappa shape index (κ3) is 12.2. The third-order valence-corrected chi connectivity index (χ3v) is 5.72. The lowest BCUT2D eigenvalue weighted by atomic mass is 10.1. The molecule has 0 aromatic carbocycles. The number of Topliss-reactive ketones (excluding diaryl/α,β-unsaturated/α-hetero) is 1. The summed E-state index contributed by atoms with van der Waals surface area (Å²) in [6.07, 6.45) is 2.14. The Kier molecular flexibility index (Phi) is 14.2. The predicted octanol–water partition coefficient (Wildman–Crippen LogP) is 1.68. The topological polar surface area (TPSA) is 98.8 Å². The molecule has 0 radical (unpaired) electrons. The van der Waals surface area contributed by atoms with Gasteiger partial charge in [0.1, 0.15) is 11.8 Å². The summed E-state index contributed by atoms with van der Waals surface area (Å²) in [7, 11) is 2.63. The smallest absolute Gasteiger partial charge is 0.329 e. The lowest BCUT2D eigenvalue weighted by Crippen LogP contribution is -2.42. The average Bonchev–Trinajstić information content (AvgIpc) is 2.59. The number of thioether (sulfide) groups is 2. The maximum absolute atomic E-state index is 11.6. The zero-order valence-electron chi connectivity index (χ0n) is 15.9. The maximum atomic E-state index is 11.6. The fourth-order valence-electron chi connectivity index (χ4n) is 2.12. The molecule has 0 aliphatic rings. The molecule has 0 aliphatic carbocycles. The van der Waals surface area contributed by atoms with Gasteiger partial charge in [0.2, 0.25) is 5.91 Å². The van der Waals surface area contributed by atoms with Crippen LogP contribution in [0, 0.1) is 5.92 Å². The Morgan fingerprint density at radius 3 is 1.88 bits per heavy atom. The maximum Gasteiger partial charge on any atom is 0.329 e. The van der Waals surface area contributed by atoms with Gasteiger partial charge in [-0.2, -0.15) is 23.5 Å². The summed E-state index contributed by atoms with van der Waals surface area (Å²) in [5.74, 6) is 1.36. The van der Waals surface area contributed by atoms with Crippen LogP contribution < -0.4 is 5.32 Å². The molecule has 0 aromatic heterocycles. The average molecular weight is 408 g/mol. The molecular formula is C17H29NO6S2. The van der Waals surface area contributed by atoms with Crippen LogP contribution in [-0.4, -0.2) is 66.9 Å². The number of unbranched alkanes of at least 4 members (excludes halogenated alkanes) is 1. The Labute approximate surface area is 163 Å². The van der Waals surface area contributed by atoms with Crippen LogP contribution in [0.5, 0.6) is 0 Å². The monoisotopic (exact) mass is 407 g/mol. The molecule has 0 unspecified atom stereocenters. The summed E-state index contributed by atoms with van der Waals surface area (Å²) >= 11 is 3.22. The lowest BCUT2D eigenvalue weighted by Gasteiger charge is -2.15. The van der Waals surface area contributed by atoms with E-state index in [0.29, 0.717) is 11.5 Å². The summed E-state index contributed by atoms with van der Waals surface area (Å²) in [6.45, 7) is 2.84. The van der Waals surface area contributed by atoms with E-state index < -0.39 is 12.0 Å². The number of nitrogens with one attached hydrogen (secondary N) is 1. The molecule has 0 spiro atoms. The van der Waals surface area contributed by atoms with Crippen molar-refractivity contribution < 1.29 is 28.7 Å². The van der Waals surface area contributed by atoms with Gasteiger partial charge in [-0.05, 0) is 31.3 Å². The number of methoxy groups -OCH3 is 2. The predicted molar refractivity (Wildman–Crippen MR) is 104 cm³/mol. The highest BCUT2D eigenvalue weighted by Crippen LogP contribution is 2.17. The molecule has 0 saturated carbocycles. The van der Waals surface area contributed by atoms with Crippen LogP contribution in [0.25, 0.3) is 0 Å². The number of carbonyl (C=O) groups is 4. The van der Waals surface area contributed by atoms with Gasteiger partial charge in [0.25, 0.3) is 0 Å². The van der Waals surface area contributed by atoms with E-state index in [9.17, 15) is 19.2 Å². The molecule has 150 valence electrons. The highest BCUT2D eigenvalue weighted by atomic mass is 32.2. The van der Waals surface area contributed by atoms with E-state index in [0.717, 1.165) is 24.3 Å². The molecule has 1 N–H and O–H groups in total. The standard InChI is InChI=1S/C17H29NO6S2/c1-12(19)9-14(16(21)23-3)10-25-7-5-6-8-26-11-15(17(22)24-4)18-13(2)20/h14-15H,5-11H2,1-4H3,(H,18,20)/t14-,15-/m0/s1. The molecule has 0 aliphatic heterocycles. The van der Waals surface area contributed by atoms with Crippen LogP contribution in [0.1, 0.15) is 33.1 Å². The molecule has 0 bridgehead atoms. The molecular weight excluding hydrogens is 378 g/mol. The second kappa shape index (κ2) is 14.9. The normalized spacial score (nSPS) is 12.8. The van der Waals surface area contributed by atoms with Crippen molar-refractivity contribution in [2.75, 3.05) is 37.2 Å². The van der Waals surface area contributed by atoms with Crippen molar-refractivity contribution in [2.45, 2.75) is 39.2 Å². The van der Waals surface area contributed by atoms with Crippen LogP contribution in [0.2, 0.25) is 0 Å². The van der Waals surface area contributed by atoms with E-state index in [4.69, 9.17) is 4.74 Å². The van der Waals surface area contributed by atoms with Gasteiger partial charge in [-0.1, -0.05) is 0 Å². The third-order valence-electron chi connectivity index (χ3n) is 3.36. The van der Waals surface area contributed by atoms with Gasteiger partial charge in [0, 0.05) is 24.9 Å². The number of ketones is 1. The van der Waals surface area contributed by atoms with Crippen molar-refractivity contribution >= 4 is 47.2 Å². The fraction of sp³-hybridized carbons (Fsp3) is 0.765. The first-order valence-corrected chi connectivity index (χ1v) is 10.7. The Bertz CT molecular complexity index is 430. The number of hydrogen-bond donors (Lipinski definition) is 1. The first-order chi connectivity index (χ1) is 12.3. The zero-order valence-corrected chi connectivity index (χ0v) is 17.5. The van der Waals surface area contributed by atoms with Crippen LogP contribution in [0.4, 0.5) is 0 Å². The highest BCUT2D eigenvalue weighted by molar-refractivity contribution is 7.99. The van der Waals surface area contributed by atoms with E-state index >= 15 is 0 Å². The number of carbonyl (C=O) groups excluding carboxylic acids is 4. The van der Waals surface area contributed by atoms with Crippen molar-refractivity contribution in [2.24, 2.45) is 5.92 Å². The lowest BCUT2D eigenvalue weighted by molar-refractivity contribution is -0.146. The van der Waals surface area contributed by atoms with Crippen molar-refractivity contribution in [1.29, 1.82) is 0 Å². The van der Waals surface area contributed by atoms with Crippen LogP contribution in [0.15, 0.2) is 0 Å². The van der Waals surface area contributed by atoms with E-state index in [-0.39, 0.29) is 30.0 Å². The molecule has 0 saturated heterocycles. The van der Waals surface area contributed by atoms with Gasteiger partial charge >= 0.3 is 11.9 Å². The van der Waals surface area contributed by atoms with Gasteiger partial charge in [-0.15, -0.1) is 0 Å². The second-order valence-corrected chi connectivity index (χ2v) is 8.06. The van der Waals surface area contributed by atoms with Crippen molar-refractivity contribution in [3.8, 4) is 0 Å². The molecule has 0 rings (SSSR count). The van der Waals surface area contributed by atoms with Gasteiger partial charge in [-0.25, -0.2) is 4.79 Å². The van der Waals surface area contributed by atoms with Crippen molar-refractivity contribution in [3.63, 3.8) is 0 Å². The molecule has 0 aromatic rings. The number of esters is 2. The highest BCUT2D eigenvalue weighted by Gasteiger charge is 2.21. The summed E-state index contributed by atoms with van der Waals surface area (Å²) in [6, 6.07) is -0.621. The molecule has 26 heavy (non-hydrogen) atoms. The molecule has 7 nitrogen and oxygen atoms in total. The van der Waals surface area contributed by atoms with Crippen molar-refractivity contribution in [1.82, 2.24) is 5.32 Å². The second-order valence-electron chi connectivity index (χ2n) is 5.76. The van der Waals surface area contributed by atoms with Crippen LogP contribution in [0.3, 0.4) is 0 Å². The Hall–Kier alpha value is -1.22. The first-order valence-electron chi connectivity index (χ1n) is 8.39. The van der Waals surface area contributed by atoms with E-state index in [1.807, 2.05) is 0 Å². The van der Waals surface area contributed by atoms with Crippen molar-refractivity contribution in [3.05, 3.63) is 0 Å². The molecule has 9 heteroatoms. The molecule has 0 heterocycles. The van der Waals surface area contributed by atoms with Crippen LogP contribution >= 0.6 is 23.5 Å². The quantitative estimate of drug-likeness (QED) is 0.343. The van der Waals surface area contributed by atoms with Crippen LogP contribution in [-0.2, 0) is 28.7 Å². The molecule has 1 amide bonds. The largest absolute Gasteiger partial charge is 0.469 e. The SMILES string of the molecule is COC(=O)[C@H](CSCCCCSC[C@H](NC(C)=O)C(=O)OC)CC(C)=O. The minimum atomic E-state index is -0.621. The Morgan fingerprint density at radius 2 is 1.42 bits per heavy atom.